The number of aryl methyl sites for hydroxylation is 2. The van der Waals surface area contributed by atoms with Gasteiger partial charge >= 0.3 is 0 Å². The summed E-state index contributed by atoms with van der Waals surface area (Å²) in [5.41, 5.74) is 2.90. The SMILES string of the molecule is COc1ccc(-c2c(C)nn(C)c2NC(=O)CC2CCCC2)cc1. The Morgan fingerprint density at radius 1 is 1.29 bits per heavy atom. The standard InChI is InChI=1S/C19H25N3O2/c1-13-18(15-8-10-16(24-3)11-9-15)19(22(2)21-13)20-17(23)12-14-6-4-5-7-14/h8-11,14H,4-7,12H2,1-3H3,(H,20,23). The van der Waals surface area contributed by atoms with Crippen LogP contribution in [0.1, 0.15) is 37.8 Å². The average Bonchev–Trinajstić information content (AvgIpc) is 3.16. The van der Waals surface area contributed by atoms with Gasteiger partial charge in [-0.2, -0.15) is 5.10 Å². The number of hydrogen-bond donors (Lipinski definition) is 1. The number of nitrogens with zero attached hydrogens (tertiary/aromatic N) is 2. The molecular formula is C19H25N3O2. The normalized spacial score (nSPS) is 14.8. The third-order valence-corrected chi connectivity index (χ3v) is 4.81. The van der Waals surface area contributed by atoms with Crippen LogP contribution < -0.4 is 10.1 Å². The molecule has 3 rings (SSSR count). The summed E-state index contributed by atoms with van der Waals surface area (Å²) in [6.07, 6.45) is 5.44. The largest absolute Gasteiger partial charge is 0.497 e. The quantitative estimate of drug-likeness (QED) is 0.905. The number of benzene rings is 1. The van der Waals surface area contributed by atoms with Crippen LogP contribution in [0.4, 0.5) is 5.82 Å². The van der Waals surface area contributed by atoms with Gasteiger partial charge in [0.1, 0.15) is 11.6 Å². The average molecular weight is 327 g/mol. The maximum Gasteiger partial charge on any atom is 0.225 e. The van der Waals surface area contributed by atoms with Crippen molar-refractivity contribution in [2.45, 2.75) is 39.0 Å². The zero-order valence-corrected chi connectivity index (χ0v) is 14.6. The van der Waals surface area contributed by atoms with Crippen molar-refractivity contribution in [3.63, 3.8) is 0 Å². The number of aromatic nitrogens is 2. The van der Waals surface area contributed by atoms with Gasteiger partial charge in [-0.3, -0.25) is 9.48 Å². The van der Waals surface area contributed by atoms with Crippen LogP contribution in [0, 0.1) is 12.8 Å². The van der Waals surface area contributed by atoms with Gasteiger partial charge in [0.15, 0.2) is 0 Å². The molecule has 1 amide bonds. The second kappa shape index (κ2) is 7.07. The van der Waals surface area contributed by atoms with Crippen LogP contribution in [0.5, 0.6) is 5.75 Å². The van der Waals surface area contributed by atoms with Crippen molar-refractivity contribution in [3.05, 3.63) is 30.0 Å². The molecule has 0 spiro atoms. The lowest BCUT2D eigenvalue weighted by Gasteiger charge is -2.12. The molecule has 0 unspecified atom stereocenters. The van der Waals surface area contributed by atoms with Crippen LogP contribution in [0.3, 0.4) is 0 Å². The number of rotatable bonds is 5. The molecular weight excluding hydrogens is 302 g/mol. The molecule has 128 valence electrons. The molecule has 1 saturated carbocycles. The van der Waals surface area contributed by atoms with E-state index in [-0.39, 0.29) is 5.91 Å². The number of carbonyl (C=O) groups is 1. The summed E-state index contributed by atoms with van der Waals surface area (Å²) >= 11 is 0. The zero-order chi connectivity index (χ0) is 17.1. The lowest BCUT2D eigenvalue weighted by atomic mass is 10.0. The molecule has 24 heavy (non-hydrogen) atoms. The van der Waals surface area contributed by atoms with Crippen LogP contribution in [0.2, 0.25) is 0 Å². The molecule has 0 saturated heterocycles. The minimum absolute atomic E-state index is 0.0830. The summed E-state index contributed by atoms with van der Waals surface area (Å²) in [5.74, 6) is 2.19. The predicted octanol–water partition coefficient (Wildman–Crippen LogP) is 3.92. The number of ether oxygens (including phenoxy) is 1. The van der Waals surface area contributed by atoms with Gasteiger partial charge in [-0.05, 0) is 43.4 Å². The Labute approximate surface area is 143 Å². The van der Waals surface area contributed by atoms with Crippen LogP contribution >= 0.6 is 0 Å². The lowest BCUT2D eigenvalue weighted by Crippen LogP contribution is -2.17. The third-order valence-electron chi connectivity index (χ3n) is 4.81. The second-order valence-electron chi connectivity index (χ2n) is 6.56. The molecule has 0 atom stereocenters. The molecule has 0 radical (unpaired) electrons. The van der Waals surface area contributed by atoms with Crippen LogP contribution in [-0.4, -0.2) is 22.8 Å². The van der Waals surface area contributed by atoms with Gasteiger partial charge in [0.25, 0.3) is 0 Å². The van der Waals surface area contributed by atoms with Crippen molar-refractivity contribution < 1.29 is 9.53 Å². The summed E-state index contributed by atoms with van der Waals surface area (Å²) in [6.45, 7) is 1.96. The van der Waals surface area contributed by atoms with Gasteiger partial charge in [-0.15, -0.1) is 0 Å². The summed E-state index contributed by atoms with van der Waals surface area (Å²) in [6, 6.07) is 7.84. The highest BCUT2D eigenvalue weighted by Crippen LogP contribution is 2.33. The summed E-state index contributed by atoms with van der Waals surface area (Å²) in [5, 5.41) is 7.57. The van der Waals surface area contributed by atoms with Crippen molar-refractivity contribution in [2.24, 2.45) is 13.0 Å². The highest BCUT2D eigenvalue weighted by Gasteiger charge is 2.21. The molecule has 1 heterocycles. The van der Waals surface area contributed by atoms with Crippen molar-refractivity contribution >= 4 is 11.7 Å². The first-order valence-corrected chi connectivity index (χ1v) is 8.56. The molecule has 0 aliphatic heterocycles. The maximum atomic E-state index is 12.4. The van der Waals surface area contributed by atoms with Gasteiger partial charge in [0.05, 0.1) is 12.8 Å². The fourth-order valence-electron chi connectivity index (χ4n) is 3.56. The first-order chi connectivity index (χ1) is 11.6. The number of anilines is 1. The molecule has 1 aromatic carbocycles. The fourth-order valence-corrected chi connectivity index (χ4v) is 3.56. The molecule has 2 aromatic rings. The summed E-state index contributed by atoms with van der Waals surface area (Å²) in [7, 11) is 3.52. The Kier molecular flexibility index (Phi) is 4.88. The molecule has 1 fully saturated rings. The summed E-state index contributed by atoms with van der Waals surface area (Å²) in [4.78, 5) is 12.4. The first-order valence-electron chi connectivity index (χ1n) is 8.56. The Hall–Kier alpha value is -2.30. The number of nitrogens with one attached hydrogen (secondary N) is 1. The second-order valence-corrected chi connectivity index (χ2v) is 6.56. The molecule has 1 aromatic heterocycles. The number of hydrogen-bond acceptors (Lipinski definition) is 3. The van der Waals surface area contributed by atoms with Crippen LogP contribution in [0.15, 0.2) is 24.3 Å². The van der Waals surface area contributed by atoms with Crippen molar-refractivity contribution in [2.75, 3.05) is 12.4 Å². The number of amides is 1. The highest BCUT2D eigenvalue weighted by atomic mass is 16.5. The highest BCUT2D eigenvalue weighted by molar-refractivity contribution is 5.95. The van der Waals surface area contributed by atoms with Crippen molar-refractivity contribution in [3.8, 4) is 16.9 Å². The summed E-state index contributed by atoms with van der Waals surface area (Å²) < 4.78 is 6.97. The zero-order valence-electron chi connectivity index (χ0n) is 14.6. The van der Waals surface area contributed by atoms with Gasteiger partial charge in [-0.25, -0.2) is 0 Å². The van der Waals surface area contributed by atoms with E-state index in [4.69, 9.17) is 4.74 Å². The minimum atomic E-state index is 0.0830. The van der Waals surface area contributed by atoms with Gasteiger partial charge in [0, 0.05) is 19.0 Å². The van der Waals surface area contributed by atoms with E-state index in [1.807, 2.05) is 38.2 Å². The molecule has 5 nitrogen and oxygen atoms in total. The Balaban J connectivity index is 1.83. The van der Waals surface area contributed by atoms with E-state index < -0.39 is 0 Å². The third kappa shape index (κ3) is 3.45. The van der Waals surface area contributed by atoms with Crippen LogP contribution in [-0.2, 0) is 11.8 Å². The smallest absolute Gasteiger partial charge is 0.225 e. The molecule has 1 aliphatic carbocycles. The Morgan fingerprint density at radius 3 is 2.58 bits per heavy atom. The number of methoxy groups -OCH3 is 1. The lowest BCUT2D eigenvalue weighted by molar-refractivity contribution is -0.117. The predicted molar refractivity (Wildman–Crippen MR) is 95.1 cm³/mol. The molecule has 1 N–H and O–H groups in total. The minimum Gasteiger partial charge on any atom is -0.497 e. The Bertz CT molecular complexity index is 713. The van der Waals surface area contributed by atoms with E-state index in [0.29, 0.717) is 12.3 Å². The number of carbonyl (C=O) groups excluding carboxylic acids is 1. The van der Waals surface area contributed by atoms with E-state index >= 15 is 0 Å². The molecule has 5 heteroatoms. The molecule has 1 aliphatic rings. The van der Waals surface area contributed by atoms with Gasteiger partial charge in [0.2, 0.25) is 5.91 Å². The van der Waals surface area contributed by atoms with Crippen molar-refractivity contribution in [1.82, 2.24) is 9.78 Å². The van der Waals surface area contributed by atoms with Gasteiger partial charge < -0.3 is 10.1 Å². The van der Waals surface area contributed by atoms with Crippen LogP contribution in [0.25, 0.3) is 11.1 Å². The van der Waals surface area contributed by atoms with E-state index in [1.165, 1.54) is 25.7 Å². The van der Waals surface area contributed by atoms with Crippen molar-refractivity contribution in [1.29, 1.82) is 0 Å². The topological polar surface area (TPSA) is 56.1 Å². The monoisotopic (exact) mass is 327 g/mol. The van der Waals surface area contributed by atoms with E-state index in [1.54, 1.807) is 11.8 Å². The van der Waals surface area contributed by atoms with E-state index in [0.717, 1.165) is 28.4 Å². The van der Waals surface area contributed by atoms with E-state index in [2.05, 4.69) is 10.4 Å². The van der Waals surface area contributed by atoms with Gasteiger partial charge in [-0.1, -0.05) is 25.0 Å². The van der Waals surface area contributed by atoms with E-state index in [9.17, 15) is 4.79 Å². The Morgan fingerprint density at radius 2 is 1.96 bits per heavy atom. The first kappa shape index (κ1) is 16.6. The fraction of sp³-hybridized carbons (Fsp3) is 0.474. The maximum absolute atomic E-state index is 12.4. The molecule has 0 bridgehead atoms.